The summed E-state index contributed by atoms with van der Waals surface area (Å²) in [7, 11) is 0. The van der Waals surface area contributed by atoms with Crippen molar-refractivity contribution in [2.45, 2.75) is 46.1 Å². The fourth-order valence-corrected chi connectivity index (χ4v) is 2.73. The van der Waals surface area contributed by atoms with Gasteiger partial charge in [0.15, 0.2) is 0 Å². The first-order valence-corrected chi connectivity index (χ1v) is 7.17. The van der Waals surface area contributed by atoms with Gasteiger partial charge in [-0.15, -0.1) is 11.3 Å². The van der Waals surface area contributed by atoms with E-state index in [4.69, 9.17) is 0 Å². The van der Waals surface area contributed by atoms with Crippen molar-refractivity contribution in [2.75, 3.05) is 6.54 Å². The number of nitrogens with one attached hydrogen (secondary N) is 1. The molecule has 1 N–H and O–H groups in total. The van der Waals surface area contributed by atoms with Crippen LogP contribution in [-0.2, 0) is 6.42 Å². The Morgan fingerprint density at radius 2 is 2.19 bits per heavy atom. The average molecular weight is 238 g/mol. The minimum atomic E-state index is 0.719. The van der Waals surface area contributed by atoms with Gasteiger partial charge < -0.3 is 5.32 Å². The predicted molar refractivity (Wildman–Crippen MR) is 69.9 cm³/mol. The molecular weight excluding hydrogens is 216 g/mol. The Hall–Kier alpha value is -0.410. The summed E-state index contributed by atoms with van der Waals surface area (Å²) in [5.41, 5.74) is 1.16. The van der Waals surface area contributed by atoms with E-state index in [0.717, 1.165) is 36.5 Å². The van der Waals surface area contributed by atoms with E-state index in [0.29, 0.717) is 0 Å². The van der Waals surface area contributed by atoms with Crippen LogP contribution in [0.5, 0.6) is 0 Å². The Morgan fingerprint density at radius 3 is 2.75 bits per heavy atom. The number of nitrogens with zero attached hydrogens (tertiary/aromatic N) is 1. The summed E-state index contributed by atoms with van der Waals surface area (Å²) in [6, 6.07) is 0.830. The normalized spacial score (nSPS) is 19.7. The molecular formula is C13H22N2S. The fourth-order valence-electron chi connectivity index (χ4n) is 1.81. The molecule has 16 heavy (non-hydrogen) atoms. The van der Waals surface area contributed by atoms with Crippen LogP contribution < -0.4 is 5.32 Å². The second-order valence-corrected chi connectivity index (χ2v) is 6.17. The van der Waals surface area contributed by atoms with E-state index in [2.05, 4.69) is 36.5 Å². The van der Waals surface area contributed by atoms with E-state index in [9.17, 15) is 0 Å². The molecule has 1 aliphatic carbocycles. The van der Waals surface area contributed by atoms with Crippen LogP contribution in [0.25, 0.3) is 0 Å². The van der Waals surface area contributed by atoms with Crippen LogP contribution in [0, 0.1) is 18.8 Å². The first-order valence-electron chi connectivity index (χ1n) is 6.29. The molecule has 3 heteroatoms. The quantitative estimate of drug-likeness (QED) is 0.824. The van der Waals surface area contributed by atoms with Gasteiger partial charge in [-0.3, -0.25) is 0 Å². The molecule has 2 atom stereocenters. The topological polar surface area (TPSA) is 24.9 Å². The molecule has 1 aromatic heterocycles. The number of aryl methyl sites for hydroxylation is 1. The van der Waals surface area contributed by atoms with Crippen molar-refractivity contribution < 1.29 is 0 Å². The smallest absolute Gasteiger partial charge is 0.0930 e. The monoisotopic (exact) mass is 238 g/mol. The van der Waals surface area contributed by atoms with E-state index < -0.39 is 0 Å². The lowest BCUT2D eigenvalue weighted by molar-refractivity contribution is 0.363. The fraction of sp³-hybridized carbons (Fsp3) is 0.769. The molecule has 1 saturated carbocycles. The molecule has 1 aromatic rings. The van der Waals surface area contributed by atoms with E-state index in [1.54, 1.807) is 11.3 Å². The molecule has 2 unspecified atom stereocenters. The molecule has 2 rings (SSSR count). The summed E-state index contributed by atoms with van der Waals surface area (Å²) in [4.78, 5) is 4.54. The molecule has 0 aromatic carbocycles. The van der Waals surface area contributed by atoms with Crippen LogP contribution >= 0.6 is 11.3 Å². The minimum Gasteiger partial charge on any atom is -0.314 e. The lowest BCUT2D eigenvalue weighted by atomic mass is 9.93. The van der Waals surface area contributed by atoms with Crippen molar-refractivity contribution in [1.29, 1.82) is 0 Å². The number of hydrogen-bond acceptors (Lipinski definition) is 3. The Kier molecular flexibility index (Phi) is 3.98. The van der Waals surface area contributed by atoms with Gasteiger partial charge in [0.05, 0.1) is 5.01 Å². The molecule has 0 bridgehead atoms. The zero-order valence-corrected chi connectivity index (χ0v) is 11.3. The van der Waals surface area contributed by atoms with Crippen molar-refractivity contribution in [3.63, 3.8) is 0 Å². The molecule has 0 saturated heterocycles. The van der Waals surface area contributed by atoms with Gasteiger partial charge >= 0.3 is 0 Å². The summed E-state index contributed by atoms with van der Waals surface area (Å²) in [5.74, 6) is 1.46. The SMILES string of the molecule is Cc1csc(CC(C)C(C)CNC2CC2)n1. The van der Waals surface area contributed by atoms with Gasteiger partial charge in [0.1, 0.15) is 0 Å². The van der Waals surface area contributed by atoms with Gasteiger partial charge in [-0.05, 0) is 38.1 Å². The van der Waals surface area contributed by atoms with Crippen LogP contribution in [0.4, 0.5) is 0 Å². The van der Waals surface area contributed by atoms with Gasteiger partial charge in [-0.1, -0.05) is 13.8 Å². The molecule has 0 radical (unpaired) electrons. The summed E-state index contributed by atoms with van der Waals surface area (Å²) >= 11 is 1.80. The Labute approximate surface area is 102 Å². The molecule has 1 heterocycles. The van der Waals surface area contributed by atoms with Crippen LogP contribution in [0.2, 0.25) is 0 Å². The van der Waals surface area contributed by atoms with Crippen molar-refractivity contribution in [2.24, 2.45) is 11.8 Å². The van der Waals surface area contributed by atoms with Gasteiger partial charge in [0.2, 0.25) is 0 Å². The summed E-state index contributed by atoms with van der Waals surface area (Å²) in [6.07, 6.45) is 3.89. The third-order valence-corrected chi connectivity index (χ3v) is 4.43. The van der Waals surface area contributed by atoms with Gasteiger partial charge in [0.25, 0.3) is 0 Å². The Balaban J connectivity index is 1.74. The van der Waals surface area contributed by atoms with E-state index in [1.807, 2.05) is 0 Å². The summed E-state index contributed by atoms with van der Waals surface area (Å²) in [5, 5.41) is 7.05. The zero-order valence-electron chi connectivity index (χ0n) is 10.5. The van der Waals surface area contributed by atoms with E-state index >= 15 is 0 Å². The maximum absolute atomic E-state index is 4.54. The predicted octanol–water partition coefficient (Wildman–Crippen LogP) is 3.02. The van der Waals surface area contributed by atoms with Crippen LogP contribution in [-0.4, -0.2) is 17.6 Å². The van der Waals surface area contributed by atoms with E-state index in [-0.39, 0.29) is 0 Å². The average Bonchev–Trinajstić information content (AvgIpc) is 2.99. The third kappa shape index (κ3) is 3.56. The summed E-state index contributed by atoms with van der Waals surface area (Å²) in [6.45, 7) is 7.93. The van der Waals surface area contributed by atoms with Crippen molar-refractivity contribution in [3.05, 3.63) is 16.1 Å². The van der Waals surface area contributed by atoms with Crippen molar-refractivity contribution in [3.8, 4) is 0 Å². The van der Waals surface area contributed by atoms with Gasteiger partial charge in [-0.2, -0.15) is 0 Å². The second kappa shape index (κ2) is 5.28. The van der Waals surface area contributed by atoms with Gasteiger partial charge in [-0.25, -0.2) is 4.98 Å². The van der Waals surface area contributed by atoms with E-state index in [1.165, 1.54) is 17.8 Å². The standard InChI is InChI=1S/C13H22N2S/c1-9(6-13-15-11(3)8-16-13)10(2)7-14-12-4-5-12/h8-10,12,14H,4-7H2,1-3H3. The molecule has 1 fully saturated rings. The van der Waals surface area contributed by atoms with Crippen LogP contribution in [0.1, 0.15) is 37.4 Å². The van der Waals surface area contributed by atoms with Crippen molar-refractivity contribution >= 4 is 11.3 Å². The van der Waals surface area contributed by atoms with Crippen molar-refractivity contribution in [1.82, 2.24) is 10.3 Å². The molecule has 2 nitrogen and oxygen atoms in total. The molecule has 0 spiro atoms. The maximum Gasteiger partial charge on any atom is 0.0930 e. The molecule has 90 valence electrons. The number of rotatable bonds is 6. The van der Waals surface area contributed by atoms with Crippen LogP contribution in [0.3, 0.4) is 0 Å². The summed E-state index contributed by atoms with van der Waals surface area (Å²) < 4.78 is 0. The second-order valence-electron chi connectivity index (χ2n) is 5.22. The lowest BCUT2D eigenvalue weighted by Gasteiger charge is -2.19. The number of hydrogen-bond donors (Lipinski definition) is 1. The zero-order chi connectivity index (χ0) is 11.5. The Morgan fingerprint density at radius 1 is 1.44 bits per heavy atom. The molecule has 0 aliphatic heterocycles. The molecule has 0 amide bonds. The highest BCUT2D eigenvalue weighted by Gasteiger charge is 2.22. The highest BCUT2D eigenvalue weighted by molar-refractivity contribution is 7.09. The number of thiazole rings is 1. The minimum absolute atomic E-state index is 0.719. The third-order valence-electron chi connectivity index (χ3n) is 3.44. The number of aromatic nitrogens is 1. The molecule has 1 aliphatic rings. The van der Waals surface area contributed by atoms with Crippen LogP contribution in [0.15, 0.2) is 5.38 Å². The van der Waals surface area contributed by atoms with Gasteiger partial charge in [0, 0.05) is 23.5 Å². The Bertz CT molecular complexity index is 330. The maximum atomic E-state index is 4.54. The lowest BCUT2D eigenvalue weighted by Crippen LogP contribution is -2.27. The largest absolute Gasteiger partial charge is 0.314 e. The highest BCUT2D eigenvalue weighted by atomic mass is 32.1. The first-order chi connectivity index (χ1) is 7.65. The highest BCUT2D eigenvalue weighted by Crippen LogP contribution is 2.22. The first kappa shape index (κ1) is 12.1.